The van der Waals surface area contributed by atoms with Crippen molar-refractivity contribution in [3.8, 4) is 0 Å². The van der Waals surface area contributed by atoms with Gasteiger partial charge in [0.1, 0.15) is 6.04 Å². The lowest BCUT2D eigenvalue weighted by atomic mass is 9.99. The Morgan fingerprint density at radius 1 is 1.42 bits per heavy atom. The van der Waals surface area contributed by atoms with Crippen LogP contribution >= 0.6 is 0 Å². The molecule has 2 atom stereocenters. The molecule has 1 heterocycles. The molecule has 19 heavy (non-hydrogen) atoms. The van der Waals surface area contributed by atoms with Crippen molar-refractivity contribution in [2.45, 2.75) is 32.2 Å². The molecule has 0 aliphatic carbocycles. The summed E-state index contributed by atoms with van der Waals surface area (Å²) >= 11 is 0. The first-order valence-electron chi connectivity index (χ1n) is 6.74. The van der Waals surface area contributed by atoms with E-state index in [-0.39, 0.29) is 11.8 Å². The molecule has 0 saturated carbocycles. The van der Waals surface area contributed by atoms with Crippen molar-refractivity contribution in [3.63, 3.8) is 0 Å². The molecule has 2 amide bonds. The molecule has 2 unspecified atom stereocenters. The Kier molecular flexibility index (Phi) is 4.20. The molecule has 1 aromatic rings. The number of primary amides is 1. The molecule has 1 aliphatic heterocycles. The topological polar surface area (TPSA) is 63.4 Å². The minimum absolute atomic E-state index is 0.0478. The van der Waals surface area contributed by atoms with E-state index in [0.717, 1.165) is 6.42 Å². The van der Waals surface area contributed by atoms with E-state index < -0.39 is 11.9 Å². The summed E-state index contributed by atoms with van der Waals surface area (Å²) in [4.78, 5) is 25.0. The fraction of sp³-hybridized carbons (Fsp3) is 0.467. The van der Waals surface area contributed by atoms with Crippen LogP contribution in [0.3, 0.4) is 0 Å². The van der Waals surface area contributed by atoms with Gasteiger partial charge in [-0.3, -0.25) is 9.59 Å². The summed E-state index contributed by atoms with van der Waals surface area (Å²) in [6.45, 7) is 2.52. The zero-order valence-electron chi connectivity index (χ0n) is 11.2. The van der Waals surface area contributed by atoms with Crippen molar-refractivity contribution in [1.29, 1.82) is 0 Å². The number of hydrogen-bond acceptors (Lipinski definition) is 2. The fourth-order valence-corrected chi connectivity index (χ4v) is 2.77. The summed E-state index contributed by atoms with van der Waals surface area (Å²) in [7, 11) is 0. The molecule has 0 radical (unpaired) electrons. The molecule has 0 spiro atoms. The van der Waals surface area contributed by atoms with Gasteiger partial charge >= 0.3 is 0 Å². The van der Waals surface area contributed by atoms with Crippen molar-refractivity contribution in [1.82, 2.24) is 4.90 Å². The zero-order chi connectivity index (χ0) is 13.8. The number of rotatable bonds is 5. The minimum atomic E-state index is -0.451. The Balaban J connectivity index is 2.01. The molecule has 4 heteroatoms. The summed E-state index contributed by atoms with van der Waals surface area (Å²) in [6.07, 6.45) is 1.97. The Bertz CT molecular complexity index is 458. The molecule has 4 nitrogen and oxygen atoms in total. The molecule has 0 aromatic heterocycles. The molecular weight excluding hydrogens is 240 g/mol. The van der Waals surface area contributed by atoms with Gasteiger partial charge in [0.25, 0.3) is 0 Å². The molecule has 2 rings (SSSR count). The first-order chi connectivity index (χ1) is 9.11. The first kappa shape index (κ1) is 13.6. The van der Waals surface area contributed by atoms with Crippen LogP contribution in [-0.4, -0.2) is 29.3 Å². The number of nitrogens with two attached hydrogens (primary N) is 1. The third kappa shape index (κ3) is 3.13. The van der Waals surface area contributed by atoms with E-state index in [1.54, 1.807) is 4.90 Å². The van der Waals surface area contributed by atoms with E-state index in [1.807, 2.05) is 25.1 Å². The quantitative estimate of drug-likeness (QED) is 0.868. The van der Waals surface area contributed by atoms with Crippen LogP contribution < -0.4 is 5.73 Å². The highest BCUT2D eigenvalue weighted by Crippen LogP contribution is 2.24. The van der Waals surface area contributed by atoms with Crippen molar-refractivity contribution in [3.05, 3.63) is 35.9 Å². The zero-order valence-corrected chi connectivity index (χ0v) is 11.2. The average molecular weight is 260 g/mol. The second-order valence-electron chi connectivity index (χ2n) is 5.13. The first-order valence-corrected chi connectivity index (χ1v) is 6.74. The van der Waals surface area contributed by atoms with Crippen LogP contribution in [0.15, 0.2) is 30.3 Å². The molecule has 2 N–H and O–H groups in total. The Morgan fingerprint density at radius 2 is 2.11 bits per heavy atom. The van der Waals surface area contributed by atoms with Crippen LogP contribution in [0.1, 0.15) is 25.3 Å². The van der Waals surface area contributed by atoms with E-state index >= 15 is 0 Å². The van der Waals surface area contributed by atoms with Crippen LogP contribution in [0.4, 0.5) is 0 Å². The second kappa shape index (κ2) is 5.87. The van der Waals surface area contributed by atoms with E-state index in [4.69, 9.17) is 5.73 Å². The Hall–Kier alpha value is -1.84. The highest BCUT2D eigenvalue weighted by Gasteiger charge is 2.35. The number of carbonyl (C=O) groups excluding carboxylic acids is 2. The second-order valence-corrected chi connectivity index (χ2v) is 5.13. The van der Waals surface area contributed by atoms with Crippen molar-refractivity contribution in [2.75, 3.05) is 6.54 Å². The predicted molar refractivity (Wildman–Crippen MR) is 73.2 cm³/mol. The van der Waals surface area contributed by atoms with Gasteiger partial charge in [-0.2, -0.15) is 0 Å². The van der Waals surface area contributed by atoms with Crippen LogP contribution in [0, 0.1) is 5.92 Å². The molecule has 102 valence electrons. The standard InChI is InChI=1S/C15H20N2O2/c1-2-13(15(16)19)17-10-12(9-14(17)18)8-11-6-4-3-5-7-11/h3-7,12-13H,2,8-10H2,1H3,(H2,16,19). The monoisotopic (exact) mass is 260 g/mol. The number of amides is 2. The molecular formula is C15H20N2O2. The van der Waals surface area contributed by atoms with Gasteiger partial charge in [0.2, 0.25) is 11.8 Å². The molecule has 0 bridgehead atoms. The van der Waals surface area contributed by atoms with E-state index in [2.05, 4.69) is 12.1 Å². The van der Waals surface area contributed by atoms with Crippen LogP contribution in [0.5, 0.6) is 0 Å². The number of nitrogens with zero attached hydrogens (tertiary/aromatic N) is 1. The highest BCUT2D eigenvalue weighted by atomic mass is 16.2. The molecule has 1 fully saturated rings. The van der Waals surface area contributed by atoms with Gasteiger partial charge in [-0.15, -0.1) is 0 Å². The van der Waals surface area contributed by atoms with Gasteiger partial charge in [-0.1, -0.05) is 37.3 Å². The van der Waals surface area contributed by atoms with Gasteiger partial charge in [-0.25, -0.2) is 0 Å². The summed E-state index contributed by atoms with van der Waals surface area (Å²) in [6, 6.07) is 9.67. The lowest BCUT2D eigenvalue weighted by Gasteiger charge is -2.24. The lowest BCUT2D eigenvalue weighted by Crippen LogP contribution is -2.45. The highest BCUT2D eigenvalue weighted by molar-refractivity contribution is 5.87. The van der Waals surface area contributed by atoms with Gasteiger partial charge in [0.05, 0.1) is 0 Å². The number of likely N-dealkylation sites (tertiary alicyclic amines) is 1. The third-order valence-electron chi connectivity index (χ3n) is 3.70. The molecule has 1 aromatic carbocycles. The maximum Gasteiger partial charge on any atom is 0.240 e. The number of carbonyl (C=O) groups is 2. The largest absolute Gasteiger partial charge is 0.368 e. The van der Waals surface area contributed by atoms with Gasteiger partial charge in [-0.05, 0) is 24.3 Å². The third-order valence-corrected chi connectivity index (χ3v) is 3.70. The minimum Gasteiger partial charge on any atom is -0.368 e. The molecule has 1 aliphatic rings. The van der Waals surface area contributed by atoms with E-state index in [0.29, 0.717) is 19.4 Å². The summed E-state index contributed by atoms with van der Waals surface area (Å²) in [5, 5.41) is 0. The fourth-order valence-electron chi connectivity index (χ4n) is 2.77. The number of benzene rings is 1. The maximum atomic E-state index is 12.0. The van der Waals surface area contributed by atoms with Gasteiger partial charge < -0.3 is 10.6 Å². The molecule has 1 saturated heterocycles. The Morgan fingerprint density at radius 3 is 2.68 bits per heavy atom. The van der Waals surface area contributed by atoms with Crippen molar-refractivity contribution < 1.29 is 9.59 Å². The predicted octanol–water partition coefficient (Wildman–Crippen LogP) is 1.34. The maximum absolute atomic E-state index is 12.0. The summed E-state index contributed by atoms with van der Waals surface area (Å²) in [5.41, 5.74) is 6.59. The van der Waals surface area contributed by atoms with E-state index in [9.17, 15) is 9.59 Å². The summed E-state index contributed by atoms with van der Waals surface area (Å²) < 4.78 is 0. The smallest absolute Gasteiger partial charge is 0.240 e. The van der Waals surface area contributed by atoms with E-state index in [1.165, 1.54) is 5.56 Å². The van der Waals surface area contributed by atoms with Crippen LogP contribution in [0.25, 0.3) is 0 Å². The average Bonchev–Trinajstić information content (AvgIpc) is 2.72. The lowest BCUT2D eigenvalue weighted by molar-refractivity contribution is -0.136. The van der Waals surface area contributed by atoms with Crippen molar-refractivity contribution in [2.24, 2.45) is 11.7 Å². The Labute approximate surface area is 113 Å². The van der Waals surface area contributed by atoms with Crippen LogP contribution in [-0.2, 0) is 16.0 Å². The van der Waals surface area contributed by atoms with Gasteiger partial charge in [0, 0.05) is 13.0 Å². The normalized spacial score (nSPS) is 20.6. The number of hydrogen-bond donors (Lipinski definition) is 1. The van der Waals surface area contributed by atoms with Gasteiger partial charge in [0.15, 0.2) is 0 Å². The van der Waals surface area contributed by atoms with Crippen molar-refractivity contribution >= 4 is 11.8 Å². The summed E-state index contributed by atoms with van der Waals surface area (Å²) in [5.74, 6) is -0.0777. The SMILES string of the molecule is CCC(C(N)=O)N1CC(Cc2ccccc2)CC1=O. The van der Waals surface area contributed by atoms with Crippen LogP contribution in [0.2, 0.25) is 0 Å².